The summed E-state index contributed by atoms with van der Waals surface area (Å²) in [6.45, 7) is 4.32. The normalized spacial score (nSPS) is 15.5. The number of anilines is 1. The summed E-state index contributed by atoms with van der Waals surface area (Å²) in [5.74, 6) is -0.231. The van der Waals surface area contributed by atoms with Gasteiger partial charge in [-0.3, -0.25) is 4.79 Å². The van der Waals surface area contributed by atoms with Gasteiger partial charge in [0, 0.05) is 31.9 Å². The zero-order chi connectivity index (χ0) is 19.3. The summed E-state index contributed by atoms with van der Waals surface area (Å²) >= 11 is 0. The van der Waals surface area contributed by atoms with Crippen LogP contribution < -0.4 is 4.90 Å². The molecule has 0 bridgehead atoms. The van der Waals surface area contributed by atoms with Gasteiger partial charge in [-0.05, 0) is 36.8 Å². The Kier molecular flexibility index (Phi) is 6.13. The number of piperazine rings is 1. The van der Waals surface area contributed by atoms with Crippen LogP contribution in [0.4, 0.5) is 5.69 Å². The van der Waals surface area contributed by atoms with E-state index in [-0.39, 0.29) is 12.4 Å². The molecule has 1 aliphatic heterocycles. The Bertz CT molecular complexity index is 859. The minimum Gasteiger partial charge on any atom is -0.466 e. The molecule has 0 amide bonds. The van der Waals surface area contributed by atoms with E-state index in [4.69, 9.17) is 4.74 Å². The van der Waals surface area contributed by atoms with Crippen LogP contribution in [0.15, 0.2) is 59.5 Å². The largest absolute Gasteiger partial charge is 0.466 e. The molecular weight excluding hydrogens is 364 g/mol. The SMILES string of the molecule is CCOC(=O)Cc1ccc(N2CCN(S(=O)(=O)c3ccccc3)CC2)cc1. The molecule has 144 valence electrons. The summed E-state index contributed by atoms with van der Waals surface area (Å²) in [5.41, 5.74) is 1.93. The first-order chi connectivity index (χ1) is 13.0. The zero-order valence-electron chi connectivity index (χ0n) is 15.4. The van der Waals surface area contributed by atoms with Crippen molar-refractivity contribution in [2.75, 3.05) is 37.7 Å². The summed E-state index contributed by atoms with van der Waals surface area (Å²) in [7, 11) is -3.44. The topological polar surface area (TPSA) is 66.9 Å². The lowest BCUT2D eigenvalue weighted by Gasteiger charge is -2.35. The molecular formula is C20H24N2O4S. The maximum absolute atomic E-state index is 12.7. The number of esters is 1. The van der Waals surface area contributed by atoms with Crippen LogP contribution in [0.2, 0.25) is 0 Å². The van der Waals surface area contributed by atoms with Crippen LogP contribution in [0.1, 0.15) is 12.5 Å². The van der Waals surface area contributed by atoms with Crippen molar-refractivity contribution >= 4 is 21.7 Å². The quantitative estimate of drug-likeness (QED) is 0.711. The second kappa shape index (κ2) is 8.54. The van der Waals surface area contributed by atoms with Crippen molar-refractivity contribution in [3.8, 4) is 0 Å². The molecule has 1 heterocycles. The molecule has 0 radical (unpaired) electrons. The second-order valence-electron chi connectivity index (χ2n) is 6.35. The summed E-state index contributed by atoms with van der Waals surface area (Å²) in [5, 5.41) is 0. The van der Waals surface area contributed by atoms with Gasteiger partial charge >= 0.3 is 5.97 Å². The summed E-state index contributed by atoms with van der Waals surface area (Å²) in [6, 6.07) is 16.3. The Morgan fingerprint density at radius 2 is 1.59 bits per heavy atom. The number of benzene rings is 2. The van der Waals surface area contributed by atoms with Crippen molar-refractivity contribution in [3.05, 3.63) is 60.2 Å². The van der Waals surface area contributed by atoms with Crippen LogP contribution in [0.3, 0.4) is 0 Å². The van der Waals surface area contributed by atoms with Crippen LogP contribution in [0.5, 0.6) is 0 Å². The molecule has 1 aliphatic rings. The highest BCUT2D eigenvalue weighted by atomic mass is 32.2. The summed E-state index contributed by atoms with van der Waals surface area (Å²) in [4.78, 5) is 14.0. The van der Waals surface area contributed by atoms with E-state index >= 15 is 0 Å². The van der Waals surface area contributed by atoms with Crippen LogP contribution >= 0.6 is 0 Å². The van der Waals surface area contributed by atoms with Crippen molar-refractivity contribution < 1.29 is 17.9 Å². The summed E-state index contributed by atoms with van der Waals surface area (Å²) in [6.07, 6.45) is 0.261. The van der Waals surface area contributed by atoms with Gasteiger partial charge in [0.2, 0.25) is 10.0 Å². The monoisotopic (exact) mass is 388 g/mol. The van der Waals surface area contributed by atoms with Crippen molar-refractivity contribution in [3.63, 3.8) is 0 Å². The predicted octanol–water partition coefficient (Wildman–Crippen LogP) is 2.30. The van der Waals surface area contributed by atoms with Gasteiger partial charge in [-0.25, -0.2) is 8.42 Å². The van der Waals surface area contributed by atoms with Gasteiger partial charge in [-0.1, -0.05) is 30.3 Å². The van der Waals surface area contributed by atoms with Gasteiger partial charge in [-0.2, -0.15) is 4.31 Å². The third-order valence-corrected chi connectivity index (χ3v) is 6.49. The number of sulfonamides is 1. The van der Waals surface area contributed by atoms with Crippen LogP contribution in [0, 0.1) is 0 Å². The summed E-state index contributed by atoms with van der Waals surface area (Å²) < 4.78 is 31.9. The van der Waals surface area contributed by atoms with Crippen LogP contribution in [0.25, 0.3) is 0 Å². The van der Waals surface area contributed by atoms with Crippen molar-refractivity contribution in [2.24, 2.45) is 0 Å². The molecule has 1 fully saturated rings. The van der Waals surface area contributed by atoms with E-state index in [9.17, 15) is 13.2 Å². The van der Waals surface area contributed by atoms with E-state index in [0.29, 0.717) is 37.7 Å². The first kappa shape index (κ1) is 19.4. The maximum Gasteiger partial charge on any atom is 0.310 e. The fourth-order valence-corrected chi connectivity index (χ4v) is 4.57. The Morgan fingerprint density at radius 3 is 2.19 bits per heavy atom. The smallest absolute Gasteiger partial charge is 0.310 e. The number of ether oxygens (including phenoxy) is 1. The zero-order valence-corrected chi connectivity index (χ0v) is 16.2. The van der Waals surface area contributed by atoms with Crippen molar-refractivity contribution in [1.82, 2.24) is 4.31 Å². The van der Waals surface area contributed by atoms with E-state index in [1.165, 1.54) is 4.31 Å². The van der Waals surface area contributed by atoms with E-state index < -0.39 is 10.0 Å². The van der Waals surface area contributed by atoms with Gasteiger partial charge in [0.25, 0.3) is 0 Å². The molecule has 0 N–H and O–H groups in total. The van der Waals surface area contributed by atoms with Crippen molar-refractivity contribution in [1.29, 1.82) is 0 Å². The number of hydrogen-bond donors (Lipinski definition) is 0. The van der Waals surface area contributed by atoms with E-state index in [0.717, 1.165) is 11.3 Å². The molecule has 0 spiro atoms. The Morgan fingerprint density at radius 1 is 0.963 bits per heavy atom. The Labute approximate surface area is 160 Å². The molecule has 2 aromatic rings. The molecule has 0 aromatic heterocycles. The molecule has 2 aromatic carbocycles. The lowest BCUT2D eigenvalue weighted by molar-refractivity contribution is -0.142. The lowest BCUT2D eigenvalue weighted by atomic mass is 10.1. The molecule has 0 aliphatic carbocycles. The van der Waals surface area contributed by atoms with Crippen molar-refractivity contribution in [2.45, 2.75) is 18.2 Å². The Balaban J connectivity index is 1.60. The number of rotatable bonds is 6. The number of nitrogens with zero attached hydrogens (tertiary/aromatic N) is 2. The highest BCUT2D eigenvalue weighted by molar-refractivity contribution is 7.89. The van der Waals surface area contributed by atoms with Gasteiger partial charge in [0.1, 0.15) is 0 Å². The Hall–Kier alpha value is -2.38. The molecule has 7 heteroatoms. The average Bonchev–Trinajstić information content (AvgIpc) is 2.69. The maximum atomic E-state index is 12.7. The highest BCUT2D eigenvalue weighted by Gasteiger charge is 2.28. The van der Waals surface area contributed by atoms with Gasteiger partial charge < -0.3 is 9.64 Å². The third kappa shape index (κ3) is 4.67. The lowest BCUT2D eigenvalue weighted by Crippen LogP contribution is -2.48. The van der Waals surface area contributed by atoms with Crippen LogP contribution in [-0.2, 0) is 26.0 Å². The minimum absolute atomic E-state index is 0.231. The first-order valence-electron chi connectivity index (χ1n) is 9.05. The third-order valence-electron chi connectivity index (χ3n) is 4.57. The predicted molar refractivity (Wildman–Crippen MR) is 104 cm³/mol. The van der Waals surface area contributed by atoms with Crippen LogP contribution in [-0.4, -0.2) is 51.5 Å². The molecule has 0 atom stereocenters. The van der Waals surface area contributed by atoms with E-state index in [1.807, 2.05) is 30.3 Å². The van der Waals surface area contributed by atoms with E-state index in [2.05, 4.69) is 4.90 Å². The molecule has 6 nitrogen and oxygen atoms in total. The molecule has 0 unspecified atom stereocenters. The van der Waals surface area contributed by atoms with Gasteiger partial charge in [0.15, 0.2) is 0 Å². The van der Waals surface area contributed by atoms with E-state index in [1.54, 1.807) is 31.2 Å². The minimum atomic E-state index is -3.44. The molecule has 3 rings (SSSR count). The molecule has 1 saturated heterocycles. The highest BCUT2D eigenvalue weighted by Crippen LogP contribution is 2.21. The number of carbonyl (C=O) groups is 1. The second-order valence-corrected chi connectivity index (χ2v) is 8.29. The number of hydrogen-bond acceptors (Lipinski definition) is 5. The van der Waals surface area contributed by atoms with Gasteiger partial charge in [-0.15, -0.1) is 0 Å². The molecule has 0 saturated carbocycles. The fraction of sp³-hybridized carbons (Fsp3) is 0.350. The number of carbonyl (C=O) groups excluding carboxylic acids is 1. The first-order valence-corrected chi connectivity index (χ1v) is 10.5. The fourth-order valence-electron chi connectivity index (χ4n) is 3.13. The average molecular weight is 388 g/mol. The standard InChI is InChI=1S/C20H24N2O4S/c1-2-26-20(23)16-17-8-10-18(11-9-17)21-12-14-22(15-13-21)27(24,25)19-6-4-3-5-7-19/h3-11H,2,12-16H2,1H3. The molecule has 27 heavy (non-hydrogen) atoms. The van der Waals surface area contributed by atoms with Gasteiger partial charge in [0.05, 0.1) is 17.9 Å².